The first kappa shape index (κ1) is 28.7. The van der Waals surface area contributed by atoms with Crippen molar-refractivity contribution >= 4 is 78.3 Å². The van der Waals surface area contributed by atoms with Crippen LogP contribution in [0.3, 0.4) is 0 Å². The molecule has 6 aromatic rings. The maximum absolute atomic E-state index is 14.1. The van der Waals surface area contributed by atoms with Gasteiger partial charge in [0.15, 0.2) is 14.2 Å². The Morgan fingerprint density at radius 3 is 2.66 bits per heavy atom. The highest BCUT2D eigenvalue weighted by atomic mass is 79.9. The van der Waals surface area contributed by atoms with Crippen molar-refractivity contribution in [1.82, 2.24) is 9.55 Å². The lowest BCUT2D eigenvalue weighted by atomic mass is 9.93. The first-order chi connectivity index (χ1) is 21.5. The van der Waals surface area contributed by atoms with Gasteiger partial charge in [0.25, 0.3) is 5.56 Å². The Labute approximate surface area is 272 Å². The lowest BCUT2D eigenvalue weighted by molar-refractivity contribution is -0.138. The monoisotopic (exact) mass is 699 g/mol. The third-order valence-electron chi connectivity index (χ3n) is 6.88. The summed E-state index contributed by atoms with van der Waals surface area (Å²) in [7, 11) is 0. The van der Waals surface area contributed by atoms with Crippen molar-refractivity contribution < 1.29 is 13.9 Å². The fraction of sp³-hybridized carbons (Fsp3) is 0.0909. The molecule has 4 heterocycles. The number of aromatic nitrogens is 2. The molecule has 0 saturated heterocycles. The second-order valence-corrected chi connectivity index (χ2v) is 13.9. The summed E-state index contributed by atoms with van der Waals surface area (Å²) in [5.41, 5.74) is 2.98. The number of para-hydroxylation sites is 1. The molecule has 0 aliphatic carbocycles. The third-order valence-corrected chi connectivity index (χ3v) is 10.4. The maximum atomic E-state index is 14.1. The Morgan fingerprint density at radius 1 is 1.05 bits per heavy atom. The Kier molecular flexibility index (Phi) is 7.94. The lowest BCUT2D eigenvalue weighted by Crippen LogP contribution is -2.40. The van der Waals surface area contributed by atoms with Gasteiger partial charge in [-0.1, -0.05) is 81.9 Å². The van der Waals surface area contributed by atoms with Gasteiger partial charge in [0, 0.05) is 16.1 Å². The van der Waals surface area contributed by atoms with Crippen LogP contribution in [0, 0.1) is 0 Å². The topological polar surface area (TPSA) is 86.7 Å². The molecule has 0 fully saturated rings. The molecular weight excluding hydrogens is 678 g/mol. The van der Waals surface area contributed by atoms with Crippen LogP contribution in [0.4, 0.5) is 0 Å². The van der Waals surface area contributed by atoms with E-state index in [9.17, 15) is 9.59 Å². The first-order valence-corrected chi connectivity index (χ1v) is 16.9. The number of carbonyl (C=O) groups excluding carboxylic acids is 1. The molecule has 0 N–H and O–H groups in total. The molecule has 11 heteroatoms. The summed E-state index contributed by atoms with van der Waals surface area (Å²) in [5.74, 6) is 0.0164. The Bertz CT molecular complexity index is 2220. The molecule has 0 radical (unpaired) electrons. The van der Waals surface area contributed by atoms with E-state index in [-0.39, 0.29) is 12.2 Å². The van der Waals surface area contributed by atoms with E-state index in [2.05, 4.69) is 20.9 Å². The summed E-state index contributed by atoms with van der Waals surface area (Å²) < 4.78 is 16.5. The van der Waals surface area contributed by atoms with Crippen LogP contribution in [-0.4, -0.2) is 22.1 Å². The number of hydrogen-bond acceptors (Lipinski definition) is 9. The summed E-state index contributed by atoms with van der Waals surface area (Å²) in [5, 5.41) is 0.672. The van der Waals surface area contributed by atoms with Crippen molar-refractivity contribution in [2.75, 3.05) is 6.61 Å². The van der Waals surface area contributed by atoms with Crippen LogP contribution in [0.2, 0.25) is 0 Å². The fourth-order valence-electron chi connectivity index (χ4n) is 5.01. The predicted octanol–water partition coefficient (Wildman–Crippen LogP) is 7.05. The highest BCUT2D eigenvalue weighted by Gasteiger charge is 2.35. The van der Waals surface area contributed by atoms with Crippen molar-refractivity contribution in [1.29, 1.82) is 0 Å². The van der Waals surface area contributed by atoms with Crippen LogP contribution >= 0.6 is 50.4 Å². The van der Waals surface area contributed by atoms with E-state index in [1.54, 1.807) is 28.9 Å². The smallest absolute Gasteiger partial charge is 0.338 e. The minimum absolute atomic E-state index is 0.190. The van der Waals surface area contributed by atoms with Crippen LogP contribution < -0.4 is 14.9 Å². The minimum atomic E-state index is -0.748. The van der Waals surface area contributed by atoms with Gasteiger partial charge in [0.2, 0.25) is 0 Å². The van der Waals surface area contributed by atoms with Crippen LogP contribution in [0.25, 0.3) is 22.0 Å². The number of nitrogens with zero attached hydrogens (tertiary/aromatic N) is 3. The molecule has 0 spiro atoms. The Balaban J connectivity index is 1.35. The molecule has 0 amide bonds. The molecule has 44 heavy (non-hydrogen) atoms. The van der Waals surface area contributed by atoms with Gasteiger partial charge in [-0.15, -0.1) is 11.3 Å². The standard InChI is InChI=1S/C33H22BrN3O4S3/c1-2-40-31(39)27-28(19-9-4-3-5-10-19)36-32-37(29(27)20-11-8-12-21(34)17-20)30(38)25(42-32)18-22-15-16-26(41-22)44-33-35-23-13-6-7-14-24(23)43-33/h3-18,29H,2H2,1H3/b25-18-/t29-/m0/s1. The van der Waals surface area contributed by atoms with Crippen LogP contribution in [-0.2, 0) is 9.53 Å². The summed E-state index contributed by atoms with van der Waals surface area (Å²) in [4.78, 5) is 37.7. The number of furan rings is 1. The SMILES string of the molecule is CCOC(=O)C1=C(c2ccccc2)N=c2s/c(=C\c3ccc(Sc4nc5ccccc5s4)o3)c(=O)n2[C@H]1c1cccc(Br)c1. The van der Waals surface area contributed by atoms with E-state index >= 15 is 0 Å². The van der Waals surface area contributed by atoms with Crippen molar-refractivity contribution in [2.45, 2.75) is 22.4 Å². The second-order valence-electron chi connectivity index (χ2n) is 9.69. The van der Waals surface area contributed by atoms with Gasteiger partial charge in [0.1, 0.15) is 5.76 Å². The van der Waals surface area contributed by atoms with Gasteiger partial charge in [-0.05, 0) is 60.6 Å². The number of fused-ring (bicyclic) bond motifs is 2. The molecular formula is C33H22BrN3O4S3. The predicted molar refractivity (Wildman–Crippen MR) is 178 cm³/mol. The molecule has 0 saturated carbocycles. The quantitative estimate of drug-likeness (QED) is 0.166. The number of esters is 1. The van der Waals surface area contributed by atoms with Crippen LogP contribution in [0.15, 0.2) is 125 Å². The number of ether oxygens (including phenoxy) is 1. The Hall–Kier alpha value is -4.03. The molecule has 3 aromatic carbocycles. The number of halogens is 1. The summed E-state index contributed by atoms with van der Waals surface area (Å²) >= 11 is 7.85. The molecule has 3 aromatic heterocycles. The first-order valence-electron chi connectivity index (χ1n) is 13.7. The van der Waals surface area contributed by atoms with E-state index in [0.717, 1.165) is 30.2 Å². The van der Waals surface area contributed by atoms with E-state index in [1.807, 2.05) is 91.0 Å². The van der Waals surface area contributed by atoms with E-state index < -0.39 is 12.0 Å². The number of thiazole rings is 2. The highest BCUT2D eigenvalue weighted by molar-refractivity contribution is 9.10. The van der Waals surface area contributed by atoms with Gasteiger partial charge in [0.05, 0.1) is 38.7 Å². The molecule has 7 rings (SSSR count). The van der Waals surface area contributed by atoms with Gasteiger partial charge in [-0.2, -0.15) is 0 Å². The van der Waals surface area contributed by atoms with Gasteiger partial charge < -0.3 is 9.15 Å². The average molecular weight is 701 g/mol. The molecule has 1 atom stereocenters. The summed E-state index contributed by atoms with van der Waals surface area (Å²) in [6.45, 7) is 1.95. The Morgan fingerprint density at radius 2 is 1.86 bits per heavy atom. The molecule has 0 bridgehead atoms. The minimum Gasteiger partial charge on any atom is -0.463 e. The second kappa shape index (κ2) is 12.2. The normalized spacial score (nSPS) is 15.0. The third kappa shape index (κ3) is 5.52. The van der Waals surface area contributed by atoms with Crippen molar-refractivity contribution in [2.24, 2.45) is 4.99 Å². The van der Waals surface area contributed by atoms with Crippen molar-refractivity contribution in [3.63, 3.8) is 0 Å². The fourth-order valence-corrected chi connectivity index (χ4v) is 8.38. The van der Waals surface area contributed by atoms with Gasteiger partial charge >= 0.3 is 5.97 Å². The van der Waals surface area contributed by atoms with E-state index in [1.165, 1.54) is 23.1 Å². The zero-order chi connectivity index (χ0) is 30.2. The van der Waals surface area contributed by atoms with Gasteiger partial charge in [-0.3, -0.25) is 9.36 Å². The average Bonchev–Trinajstić information content (AvgIpc) is 3.74. The summed E-state index contributed by atoms with van der Waals surface area (Å²) in [6, 6.07) is 28.0. The van der Waals surface area contributed by atoms with Crippen LogP contribution in [0.1, 0.15) is 29.9 Å². The zero-order valence-electron chi connectivity index (χ0n) is 23.1. The number of benzene rings is 3. The van der Waals surface area contributed by atoms with Crippen molar-refractivity contribution in [3.8, 4) is 0 Å². The van der Waals surface area contributed by atoms with E-state index in [4.69, 9.17) is 14.1 Å². The zero-order valence-corrected chi connectivity index (χ0v) is 27.1. The van der Waals surface area contributed by atoms with E-state index in [0.29, 0.717) is 31.5 Å². The van der Waals surface area contributed by atoms with Crippen LogP contribution in [0.5, 0.6) is 0 Å². The lowest BCUT2D eigenvalue weighted by Gasteiger charge is -2.26. The molecule has 0 unspecified atom stereocenters. The number of rotatable bonds is 7. The largest absolute Gasteiger partial charge is 0.463 e. The molecule has 1 aliphatic rings. The number of carbonyl (C=O) groups is 1. The summed E-state index contributed by atoms with van der Waals surface area (Å²) in [6.07, 6.45) is 1.72. The highest BCUT2D eigenvalue weighted by Crippen LogP contribution is 2.37. The molecule has 218 valence electrons. The number of hydrogen-bond donors (Lipinski definition) is 0. The van der Waals surface area contributed by atoms with Gasteiger partial charge in [-0.25, -0.2) is 14.8 Å². The maximum Gasteiger partial charge on any atom is 0.338 e. The van der Waals surface area contributed by atoms with Crippen molar-refractivity contribution in [3.05, 3.63) is 138 Å². The molecule has 7 nitrogen and oxygen atoms in total. The molecule has 1 aliphatic heterocycles.